The minimum absolute atomic E-state index is 0.0213. The second-order valence-electron chi connectivity index (χ2n) is 9.23. The lowest BCUT2D eigenvalue weighted by atomic mass is 10.0. The fraction of sp³-hybridized carbons (Fsp3) is 0.900. The summed E-state index contributed by atoms with van der Waals surface area (Å²) in [5.41, 5.74) is 0. The Morgan fingerprint density at radius 2 is 1.82 bits per heavy atom. The van der Waals surface area contributed by atoms with E-state index in [1.807, 2.05) is 6.92 Å². The predicted molar refractivity (Wildman–Crippen MR) is 109 cm³/mol. The van der Waals surface area contributed by atoms with Gasteiger partial charge in [0.05, 0.1) is 6.04 Å². The first-order valence-corrected chi connectivity index (χ1v) is 12.9. The van der Waals surface area contributed by atoms with Crippen LogP contribution >= 0.6 is 7.37 Å². The second-order valence-corrected chi connectivity index (χ2v) is 11.8. The molecule has 7 nitrogen and oxygen atoms in total. The Bertz CT molecular complexity index is 651. The van der Waals surface area contributed by atoms with Crippen LogP contribution in [-0.4, -0.2) is 59.2 Å². The number of fused-ring (bicyclic) bond motifs is 2. The Balaban J connectivity index is 1.84. The highest BCUT2D eigenvalue weighted by Crippen LogP contribution is 2.68. The molecule has 0 aromatic heterocycles. The maximum Gasteiger partial charge on any atom is 0.243 e. The monoisotopic (exact) mass is 413 g/mol. The van der Waals surface area contributed by atoms with E-state index in [2.05, 4.69) is 10.6 Å². The summed E-state index contributed by atoms with van der Waals surface area (Å²) >= 11 is 0. The van der Waals surface area contributed by atoms with E-state index >= 15 is 0 Å². The maximum atomic E-state index is 13.2. The minimum atomic E-state index is -3.48. The number of hydrogen-bond donors (Lipinski definition) is 3. The van der Waals surface area contributed by atoms with Crippen molar-refractivity contribution in [1.82, 2.24) is 15.5 Å². The van der Waals surface area contributed by atoms with Gasteiger partial charge in [-0.05, 0) is 44.6 Å². The molecule has 0 aromatic rings. The molecule has 6 atom stereocenters. The van der Waals surface area contributed by atoms with Gasteiger partial charge in [-0.2, -0.15) is 0 Å². The van der Waals surface area contributed by atoms with Crippen LogP contribution in [0.4, 0.5) is 0 Å². The maximum absolute atomic E-state index is 13.2. The van der Waals surface area contributed by atoms with E-state index < -0.39 is 18.7 Å². The van der Waals surface area contributed by atoms with Gasteiger partial charge in [0.15, 0.2) is 0 Å². The van der Waals surface area contributed by atoms with Gasteiger partial charge in [0.1, 0.15) is 11.3 Å². The summed E-state index contributed by atoms with van der Waals surface area (Å²) in [7, 11) is -1.68. The van der Waals surface area contributed by atoms with Crippen LogP contribution in [0.15, 0.2) is 0 Å². The normalized spacial score (nSPS) is 39.8. The Morgan fingerprint density at radius 3 is 2.46 bits per heavy atom. The molecule has 160 valence electrons. The van der Waals surface area contributed by atoms with Crippen molar-refractivity contribution < 1.29 is 19.0 Å². The zero-order valence-electron chi connectivity index (χ0n) is 17.4. The van der Waals surface area contributed by atoms with Gasteiger partial charge in [-0.25, -0.2) is 0 Å². The van der Waals surface area contributed by atoms with Crippen LogP contribution in [-0.2, 0) is 14.2 Å². The average molecular weight is 413 g/mol. The van der Waals surface area contributed by atoms with E-state index in [9.17, 15) is 19.0 Å². The molecule has 28 heavy (non-hydrogen) atoms. The molecular formula is C20H36N3O4P. The van der Waals surface area contributed by atoms with Gasteiger partial charge >= 0.3 is 0 Å². The standard InChI is InChI=1S/C20H36N3O4P/c1-14-11-17-18(24)22-20(28(3,26)27)12-15(20)9-7-5-4-6-8-10-16(21-2)19(25)23(17)13-14/h14-17,21H,4-13H2,1-3H3,(H,22,24)(H,26,27). The molecule has 3 N–H and O–H groups in total. The van der Waals surface area contributed by atoms with E-state index in [-0.39, 0.29) is 29.7 Å². The third kappa shape index (κ3) is 4.31. The molecule has 2 heterocycles. The summed E-state index contributed by atoms with van der Waals surface area (Å²) in [6, 6.07) is -0.823. The lowest BCUT2D eigenvalue weighted by Crippen LogP contribution is -2.54. The first-order valence-electron chi connectivity index (χ1n) is 10.8. The number of carbonyl (C=O) groups excluding carboxylic acids is 2. The summed E-state index contributed by atoms with van der Waals surface area (Å²) in [5, 5.41) is 5.09. The van der Waals surface area contributed by atoms with Gasteiger partial charge in [0, 0.05) is 13.2 Å². The summed E-state index contributed by atoms with van der Waals surface area (Å²) in [5.74, 6) is 0.0213. The lowest BCUT2D eigenvalue weighted by Gasteiger charge is -2.30. The molecule has 0 spiro atoms. The smallest absolute Gasteiger partial charge is 0.243 e. The number of carbonyl (C=O) groups is 2. The number of hydrogen-bond acceptors (Lipinski definition) is 4. The number of amides is 2. The molecule has 2 aliphatic heterocycles. The summed E-state index contributed by atoms with van der Waals surface area (Å²) in [4.78, 5) is 38.4. The Kier molecular flexibility index (Phi) is 6.58. The minimum Gasteiger partial charge on any atom is -0.343 e. The fourth-order valence-electron chi connectivity index (χ4n) is 5.12. The summed E-state index contributed by atoms with van der Waals surface area (Å²) in [6.07, 6.45) is 8.13. The SMILES string of the molecule is CNC1CCCCCCCC2CC2(P(C)(=O)O)NC(=O)C2CC(C)CN2C1=O. The number of likely N-dealkylation sites (N-methyl/N-ethyl adjacent to an activating group) is 1. The van der Waals surface area contributed by atoms with Gasteiger partial charge in [-0.1, -0.05) is 39.0 Å². The molecule has 1 aliphatic carbocycles. The molecule has 0 radical (unpaired) electrons. The topological polar surface area (TPSA) is 98.7 Å². The molecular weight excluding hydrogens is 377 g/mol. The van der Waals surface area contributed by atoms with Crippen LogP contribution in [0.25, 0.3) is 0 Å². The van der Waals surface area contributed by atoms with Gasteiger partial charge in [-0.15, -0.1) is 0 Å². The van der Waals surface area contributed by atoms with Crippen molar-refractivity contribution in [3.05, 3.63) is 0 Å². The Hall–Kier alpha value is -0.910. The average Bonchev–Trinajstić information content (AvgIpc) is 3.18. The molecule has 3 fully saturated rings. The van der Waals surface area contributed by atoms with Crippen LogP contribution in [0, 0.1) is 11.8 Å². The van der Waals surface area contributed by atoms with E-state index in [4.69, 9.17) is 0 Å². The fourth-order valence-corrected chi connectivity index (χ4v) is 6.80. The van der Waals surface area contributed by atoms with Crippen LogP contribution < -0.4 is 10.6 Å². The lowest BCUT2D eigenvalue weighted by molar-refractivity contribution is -0.140. The van der Waals surface area contributed by atoms with E-state index in [0.717, 1.165) is 44.9 Å². The van der Waals surface area contributed by atoms with Crippen molar-refractivity contribution in [1.29, 1.82) is 0 Å². The molecule has 8 heteroatoms. The van der Waals surface area contributed by atoms with Gasteiger partial charge in [-0.3, -0.25) is 14.2 Å². The van der Waals surface area contributed by atoms with E-state index in [1.165, 1.54) is 6.66 Å². The van der Waals surface area contributed by atoms with Crippen molar-refractivity contribution in [3.8, 4) is 0 Å². The largest absolute Gasteiger partial charge is 0.343 e. The number of nitrogens with zero attached hydrogens (tertiary/aromatic N) is 1. The third-order valence-electron chi connectivity index (χ3n) is 6.94. The van der Waals surface area contributed by atoms with Crippen molar-refractivity contribution in [2.75, 3.05) is 20.3 Å². The second kappa shape index (κ2) is 8.45. The van der Waals surface area contributed by atoms with Crippen LogP contribution in [0.2, 0.25) is 0 Å². The van der Waals surface area contributed by atoms with E-state index in [1.54, 1.807) is 11.9 Å². The highest BCUT2D eigenvalue weighted by molar-refractivity contribution is 7.59. The number of nitrogens with one attached hydrogen (secondary N) is 2. The van der Waals surface area contributed by atoms with E-state index in [0.29, 0.717) is 19.4 Å². The molecule has 2 saturated heterocycles. The zero-order chi connectivity index (χ0) is 20.5. The summed E-state index contributed by atoms with van der Waals surface area (Å²) < 4.78 is 12.6. The third-order valence-corrected chi connectivity index (χ3v) is 9.08. The van der Waals surface area contributed by atoms with Gasteiger partial charge in [0.2, 0.25) is 19.2 Å². The van der Waals surface area contributed by atoms with Gasteiger partial charge in [0.25, 0.3) is 0 Å². The van der Waals surface area contributed by atoms with Crippen LogP contribution in [0.5, 0.6) is 0 Å². The predicted octanol–water partition coefficient (Wildman–Crippen LogP) is 2.29. The first kappa shape index (κ1) is 21.8. The molecule has 6 unspecified atom stereocenters. The van der Waals surface area contributed by atoms with Crippen LogP contribution in [0.1, 0.15) is 64.7 Å². The quantitative estimate of drug-likeness (QED) is 0.604. The highest BCUT2D eigenvalue weighted by atomic mass is 31.2. The first-order chi connectivity index (χ1) is 13.2. The highest BCUT2D eigenvalue weighted by Gasteiger charge is 2.64. The molecule has 3 rings (SSSR count). The van der Waals surface area contributed by atoms with Crippen molar-refractivity contribution in [2.45, 2.75) is 82.1 Å². The molecule has 0 bridgehead atoms. The Morgan fingerprint density at radius 1 is 1.18 bits per heavy atom. The molecule has 2 amide bonds. The Labute approximate surface area is 168 Å². The van der Waals surface area contributed by atoms with Gasteiger partial charge < -0.3 is 20.4 Å². The van der Waals surface area contributed by atoms with Crippen molar-refractivity contribution in [2.24, 2.45) is 11.8 Å². The summed E-state index contributed by atoms with van der Waals surface area (Å²) in [6.45, 7) is 3.97. The number of rotatable bonds is 2. The molecule has 0 aromatic carbocycles. The molecule has 3 aliphatic rings. The molecule has 1 saturated carbocycles. The van der Waals surface area contributed by atoms with Crippen LogP contribution in [0.3, 0.4) is 0 Å². The van der Waals surface area contributed by atoms with Crippen molar-refractivity contribution in [3.63, 3.8) is 0 Å². The zero-order valence-corrected chi connectivity index (χ0v) is 18.3. The van der Waals surface area contributed by atoms with Crippen molar-refractivity contribution >= 4 is 19.2 Å².